The Morgan fingerprint density at radius 2 is 1.97 bits per heavy atom. The number of nitrogens with one attached hydrogen (secondary N) is 2. The van der Waals surface area contributed by atoms with Gasteiger partial charge in [0.25, 0.3) is 5.56 Å². The number of aromatic nitrogens is 3. The third-order valence-electron chi connectivity index (χ3n) is 4.47. The second kappa shape index (κ2) is 7.34. The quantitative estimate of drug-likeness (QED) is 0.484. The largest absolute Gasteiger partial charge is 0.493 e. The molecule has 0 aliphatic heterocycles. The molecule has 0 saturated heterocycles. The number of carbonyl (C=O) groups is 1. The second-order valence-electron chi connectivity index (χ2n) is 6.26. The minimum absolute atomic E-state index is 0.0206. The Balaban J connectivity index is 1.72. The Morgan fingerprint density at radius 3 is 2.72 bits per heavy atom. The summed E-state index contributed by atoms with van der Waals surface area (Å²) in [6.45, 7) is -3.06. The Kier molecular flexibility index (Phi) is 4.71. The summed E-state index contributed by atoms with van der Waals surface area (Å²) in [5, 5.41) is 0.893. The normalized spacial score (nSPS) is 11.3. The zero-order chi connectivity index (χ0) is 20.5. The number of methoxy groups -OCH3 is 1. The first kappa shape index (κ1) is 18.6. The Labute approximate surface area is 162 Å². The van der Waals surface area contributed by atoms with Crippen molar-refractivity contribution in [1.82, 2.24) is 15.0 Å². The van der Waals surface area contributed by atoms with Crippen molar-refractivity contribution in [3.05, 3.63) is 64.3 Å². The van der Waals surface area contributed by atoms with Crippen LogP contribution >= 0.6 is 0 Å². The van der Waals surface area contributed by atoms with Gasteiger partial charge in [-0.3, -0.25) is 9.59 Å². The number of para-hydroxylation sites is 1. The topological polar surface area (TPSA) is 97.1 Å². The highest BCUT2D eigenvalue weighted by molar-refractivity contribution is 6.08. The number of ketones is 1. The van der Waals surface area contributed by atoms with Crippen LogP contribution in [0.5, 0.6) is 11.5 Å². The van der Waals surface area contributed by atoms with E-state index in [-0.39, 0.29) is 40.4 Å². The molecule has 9 heteroatoms. The van der Waals surface area contributed by atoms with Crippen LogP contribution in [-0.2, 0) is 6.42 Å². The van der Waals surface area contributed by atoms with Crippen molar-refractivity contribution in [2.45, 2.75) is 13.0 Å². The van der Waals surface area contributed by atoms with Crippen LogP contribution < -0.4 is 15.0 Å². The van der Waals surface area contributed by atoms with Gasteiger partial charge in [-0.1, -0.05) is 18.2 Å². The predicted octanol–water partition coefficient (Wildman–Crippen LogP) is 3.44. The molecular formula is C20H15F2N3O4. The lowest BCUT2D eigenvalue weighted by Gasteiger charge is -2.11. The highest BCUT2D eigenvalue weighted by Gasteiger charge is 2.17. The monoisotopic (exact) mass is 399 g/mol. The number of nitrogens with zero attached hydrogens (tertiary/aromatic N) is 1. The Hall–Kier alpha value is -3.75. The van der Waals surface area contributed by atoms with Crippen molar-refractivity contribution in [2.24, 2.45) is 0 Å². The molecule has 0 spiro atoms. The maximum Gasteiger partial charge on any atom is 0.387 e. The van der Waals surface area contributed by atoms with Gasteiger partial charge in [-0.25, -0.2) is 4.98 Å². The molecule has 29 heavy (non-hydrogen) atoms. The van der Waals surface area contributed by atoms with Crippen molar-refractivity contribution in [3.8, 4) is 11.5 Å². The van der Waals surface area contributed by atoms with Gasteiger partial charge in [0.05, 0.1) is 24.4 Å². The summed E-state index contributed by atoms with van der Waals surface area (Å²) in [6, 6.07) is 9.79. The van der Waals surface area contributed by atoms with E-state index in [1.165, 1.54) is 19.2 Å². The standard InChI is InChI=1S/C20H15F2N3O4/c1-28-16-6-11-14(7-17(16)29-20(21)22)24-18(25-19(11)27)8-15(26)12-9-23-13-5-3-2-4-10(12)13/h2-7,9,20,23H,8H2,1H3,(H,24,25,27). The lowest BCUT2D eigenvalue weighted by molar-refractivity contribution is -0.0511. The molecule has 148 valence electrons. The first-order chi connectivity index (χ1) is 14.0. The fourth-order valence-corrected chi connectivity index (χ4v) is 3.18. The van der Waals surface area contributed by atoms with Crippen molar-refractivity contribution in [3.63, 3.8) is 0 Å². The number of hydrogen-bond donors (Lipinski definition) is 2. The molecule has 0 aliphatic carbocycles. The summed E-state index contributed by atoms with van der Waals surface area (Å²) in [4.78, 5) is 35.0. The minimum Gasteiger partial charge on any atom is -0.493 e. The van der Waals surface area contributed by atoms with Crippen LogP contribution in [0.1, 0.15) is 16.2 Å². The molecule has 0 aliphatic rings. The molecule has 4 rings (SSSR count). The van der Waals surface area contributed by atoms with E-state index in [0.29, 0.717) is 5.56 Å². The number of halogens is 2. The maximum absolute atomic E-state index is 12.7. The second-order valence-corrected chi connectivity index (χ2v) is 6.26. The summed E-state index contributed by atoms with van der Waals surface area (Å²) < 4.78 is 34.7. The molecule has 2 aromatic heterocycles. The van der Waals surface area contributed by atoms with Crippen LogP contribution in [0, 0.1) is 0 Å². The van der Waals surface area contributed by atoms with Crippen LogP contribution in [-0.4, -0.2) is 34.5 Å². The van der Waals surface area contributed by atoms with Crippen molar-refractivity contribution in [2.75, 3.05) is 7.11 Å². The molecule has 0 fully saturated rings. The van der Waals surface area contributed by atoms with E-state index in [9.17, 15) is 18.4 Å². The molecule has 0 unspecified atom stereocenters. The van der Waals surface area contributed by atoms with E-state index in [1.807, 2.05) is 24.3 Å². The summed E-state index contributed by atoms with van der Waals surface area (Å²) in [6.07, 6.45) is 1.44. The van der Waals surface area contributed by atoms with Gasteiger partial charge in [0.15, 0.2) is 17.3 Å². The molecule has 4 aromatic rings. The van der Waals surface area contributed by atoms with Crippen molar-refractivity contribution >= 4 is 27.6 Å². The first-order valence-corrected chi connectivity index (χ1v) is 8.61. The lowest BCUT2D eigenvalue weighted by atomic mass is 10.1. The molecule has 0 radical (unpaired) electrons. The fraction of sp³-hybridized carbons (Fsp3) is 0.150. The molecule has 0 bridgehead atoms. The van der Waals surface area contributed by atoms with E-state index in [0.717, 1.165) is 10.9 Å². The first-order valence-electron chi connectivity index (χ1n) is 8.61. The van der Waals surface area contributed by atoms with E-state index < -0.39 is 12.2 Å². The summed E-state index contributed by atoms with van der Waals surface area (Å²) in [5.41, 5.74) is 0.891. The van der Waals surface area contributed by atoms with Crippen LogP contribution in [0.4, 0.5) is 8.78 Å². The van der Waals surface area contributed by atoms with Gasteiger partial charge in [-0.2, -0.15) is 8.78 Å². The number of carbonyl (C=O) groups excluding carboxylic acids is 1. The average molecular weight is 399 g/mol. The Bertz CT molecular complexity index is 1280. The van der Waals surface area contributed by atoms with Gasteiger partial charge >= 0.3 is 6.61 Å². The molecule has 7 nitrogen and oxygen atoms in total. The van der Waals surface area contributed by atoms with Crippen molar-refractivity contribution in [1.29, 1.82) is 0 Å². The average Bonchev–Trinajstić information content (AvgIpc) is 3.11. The van der Waals surface area contributed by atoms with Crippen LogP contribution in [0.25, 0.3) is 21.8 Å². The molecule has 0 amide bonds. The van der Waals surface area contributed by atoms with E-state index in [2.05, 4.69) is 19.7 Å². The molecule has 2 heterocycles. The third kappa shape index (κ3) is 3.54. The number of hydrogen-bond acceptors (Lipinski definition) is 5. The number of fused-ring (bicyclic) bond motifs is 2. The van der Waals surface area contributed by atoms with Gasteiger partial charge in [0.2, 0.25) is 0 Å². The number of alkyl halides is 2. The zero-order valence-corrected chi connectivity index (χ0v) is 15.2. The SMILES string of the molecule is COc1cc2c(=O)[nH]c(CC(=O)c3c[nH]c4ccccc34)nc2cc1OC(F)F. The number of aromatic amines is 2. The van der Waals surface area contributed by atoms with E-state index in [1.54, 1.807) is 6.20 Å². The number of ether oxygens (including phenoxy) is 2. The van der Waals surface area contributed by atoms with E-state index >= 15 is 0 Å². The smallest absolute Gasteiger partial charge is 0.387 e. The summed E-state index contributed by atoms with van der Waals surface area (Å²) >= 11 is 0. The molecule has 0 atom stereocenters. The highest BCUT2D eigenvalue weighted by Crippen LogP contribution is 2.31. The summed E-state index contributed by atoms with van der Waals surface area (Å²) in [5.74, 6) is -0.400. The van der Waals surface area contributed by atoms with Gasteiger partial charge in [0, 0.05) is 28.7 Å². The van der Waals surface area contributed by atoms with Gasteiger partial charge in [-0.15, -0.1) is 0 Å². The van der Waals surface area contributed by atoms with Crippen LogP contribution in [0.15, 0.2) is 47.4 Å². The predicted molar refractivity (Wildman–Crippen MR) is 102 cm³/mol. The zero-order valence-electron chi connectivity index (χ0n) is 15.2. The maximum atomic E-state index is 12.7. The molecular weight excluding hydrogens is 384 g/mol. The fourth-order valence-electron chi connectivity index (χ4n) is 3.18. The van der Waals surface area contributed by atoms with Gasteiger partial charge in [0.1, 0.15) is 5.82 Å². The van der Waals surface area contributed by atoms with Gasteiger partial charge < -0.3 is 19.4 Å². The van der Waals surface area contributed by atoms with E-state index in [4.69, 9.17) is 4.74 Å². The van der Waals surface area contributed by atoms with Gasteiger partial charge in [-0.05, 0) is 12.1 Å². The van der Waals surface area contributed by atoms with Crippen LogP contribution in [0.2, 0.25) is 0 Å². The minimum atomic E-state index is -3.06. The molecule has 2 aromatic carbocycles. The number of H-pyrrole nitrogens is 2. The van der Waals surface area contributed by atoms with Crippen LogP contribution in [0.3, 0.4) is 0 Å². The third-order valence-corrected chi connectivity index (χ3v) is 4.47. The highest BCUT2D eigenvalue weighted by atomic mass is 19.3. The molecule has 0 saturated carbocycles. The number of Topliss-reactive ketones (excluding diaryl/α,β-unsaturated/α-hetero) is 1. The summed E-state index contributed by atoms with van der Waals surface area (Å²) in [7, 11) is 1.27. The lowest BCUT2D eigenvalue weighted by Crippen LogP contribution is -2.15. The number of rotatable bonds is 6. The number of benzene rings is 2. The Morgan fingerprint density at radius 1 is 1.17 bits per heavy atom. The van der Waals surface area contributed by atoms with Crippen molar-refractivity contribution < 1.29 is 23.0 Å². The molecule has 2 N–H and O–H groups in total.